The Kier molecular flexibility index (Phi) is 4.66. The summed E-state index contributed by atoms with van der Waals surface area (Å²) in [5, 5.41) is 17.6. The Morgan fingerprint density at radius 3 is 2.62 bits per heavy atom. The molecule has 0 aliphatic carbocycles. The fourth-order valence-electron chi connectivity index (χ4n) is 1.67. The van der Waals surface area contributed by atoms with Crippen LogP contribution in [-0.2, 0) is 14.8 Å². The molecule has 3 N–H and O–H groups in total. The van der Waals surface area contributed by atoms with E-state index in [2.05, 4.69) is 0 Å². The van der Waals surface area contributed by atoms with Crippen molar-refractivity contribution in [2.45, 2.75) is 17.4 Å². The average molecular weight is 317 g/mol. The molecule has 0 fully saturated rings. The molecule has 9 heteroatoms. The minimum Gasteiger partial charge on any atom is -0.490 e. The lowest BCUT2D eigenvalue weighted by Crippen LogP contribution is -2.36. The molecule has 2 rings (SSSR count). The van der Waals surface area contributed by atoms with E-state index in [4.69, 9.17) is 19.7 Å². The van der Waals surface area contributed by atoms with Crippen LogP contribution >= 0.6 is 0 Å². The van der Waals surface area contributed by atoms with Crippen LogP contribution in [0.1, 0.15) is 6.42 Å². The van der Waals surface area contributed by atoms with Gasteiger partial charge in [-0.3, -0.25) is 0 Å². The van der Waals surface area contributed by atoms with Crippen molar-refractivity contribution in [1.82, 2.24) is 4.72 Å². The molecule has 1 unspecified atom stereocenters. The van der Waals surface area contributed by atoms with Crippen LogP contribution < -0.4 is 14.2 Å². The Morgan fingerprint density at radius 2 is 1.95 bits per heavy atom. The van der Waals surface area contributed by atoms with Gasteiger partial charge in [0.25, 0.3) is 0 Å². The molecule has 1 aromatic rings. The van der Waals surface area contributed by atoms with Gasteiger partial charge in [0.1, 0.15) is 0 Å². The molecule has 0 bridgehead atoms. The lowest BCUT2D eigenvalue weighted by molar-refractivity contribution is -0.146. The third-order valence-electron chi connectivity index (χ3n) is 2.78. The Labute approximate surface area is 121 Å². The Morgan fingerprint density at radius 1 is 1.29 bits per heavy atom. The molecule has 8 nitrogen and oxygen atoms in total. The quantitative estimate of drug-likeness (QED) is 0.673. The number of sulfonamides is 1. The minimum atomic E-state index is -3.94. The van der Waals surface area contributed by atoms with Crippen molar-refractivity contribution in [3.63, 3.8) is 0 Å². The minimum absolute atomic E-state index is 0.0932. The lowest BCUT2D eigenvalue weighted by Gasteiger charge is -2.11. The van der Waals surface area contributed by atoms with Gasteiger partial charge in [0.2, 0.25) is 10.0 Å². The van der Waals surface area contributed by atoms with Crippen LogP contribution in [0.2, 0.25) is 0 Å². The third-order valence-corrected chi connectivity index (χ3v) is 4.20. The lowest BCUT2D eigenvalue weighted by atomic mass is 10.3. The molecule has 0 saturated carbocycles. The summed E-state index contributed by atoms with van der Waals surface area (Å²) in [6, 6.07) is 4.10. The van der Waals surface area contributed by atoms with Gasteiger partial charge in [-0.2, -0.15) is 0 Å². The number of hydrogen-bond donors (Lipinski definition) is 3. The zero-order valence-corrected chi connectivity index (χ0v) is 11.8. The number of hydrogen-bond acceptors (Lipinski definition) is 6. The number of fused-ring (bicyclic) bond motifs is 1. The zero-order chi connectivity index (χ0) is 15.5. The molecule has 0 radical (unpaired) electrons. The van der Waals surface area contributed by atoms with Gasteiger partial charge in [-0.25, -0.2) is 17.9 Å². The third kappa shape index (κ3) is 3.84. The Hall–Kier alpha value is -1.84. The normalized spacial score (nSPS) is 16.0. The average Bonchev–Trinajstić information content (AvgIpc) is 2.69. The number of rotatable bonds is 5. The number of carboxylic acid groups (broad SMARTS) is 1. The van der Waals surface area contributed by atoms with Gasteiger partial charge in [-0.05, 0) is 12.1 Å². The van der Waals surface area contributed by atoms with E-state index in [0.717, 1.165) is 0 Å². The largest absolute Gasteiger partial charge is 0.490 e. The van der Waals surface area contributed by atoms with E-state index in [1.807, 2.05) is 4.72 Å². The predicted octanol–water partition coefficient (Wildman–Crippen LogP) is -0.428. The van der Waals surface area contributed by atoms with E-state index < -0.39 is 28.6 Å². The molecular weight excluding hydrogens is 302 g/mol. The molecule has 1 aromatic carbocycles. The maximum absolute atomic E-state index is 12.0. The van der Waals surface area contributed by atoms with Crippen molar-refractivity contribution in [1.29, 1.82) is 0 Å². The Balaban J connectivity index is 2.16. The summed E-state index contributed by atoms with van der Waals surface area (Å²) in [5.74, 6) is -0.734. The van der Waals surface area contributed by atoms with Gasteiger partial charge in [0.15, 0.2) is 17.6 Å². The molecular formula is C12H15NO7S. The highest BCUT2D eigenvalue weighted by Crippen LogP contribution is 2.31. The van der Waals surface area contributed by atoms with Crippen molar-refractivity contribution >= 4 is 16.0 Å². The molecule has 1 atom stereocenters. The summed E-state index contributed by atoms with van der Waals surface area (Å²) in [5.41, 5.74) is 0. The van der Waals surface area contributed by atoms with E-state index in [0.29, 0.717) is 31.1 Å². The molecule has 0 amide bonds. The smallest absolute Gasteiger partial charge is 0.333 e. The summed E-state index contributed by atoms with van der Waals surface area (Å²) < 4.78 is 36.8. The van der Waals surface area contributed by atoms with Crippen LogP contribution in [0.15, 0.2) is 23.1 Å². The Bertz CT molecular complexity index is 628. The summed E-state index contributed by atoms with van der Waals surface area (Å²) in [4.78, 5) is 10.4. The van der Waals surface area contributed by atoms with Crippen LogP contribution in [0.3, 0.4) is 0 Å². The first-order chi connectivity index (χ1) is 9.90. The first-order valence-electron chi connectivity index (χ1n) is 6.20. The first-order valence-corrected chi connectivity index (χ1v) is 7.68. The van der Waals surface area contributed by atoms with Gasteiger partial charge >= 0.3 is 5.97 Å². The maximum atomic E-state index is 12.0. The highest BCUT2D eigenvalue weighted by molar-refractivity contribution is 7.89. The molecule has 0 spiro atoms. The van der Waals surface area contributed by atoms with Crippen molar-refractivity contribution in [2.75, 3.05) is 19.8 Å². The van der Waals surface area contributed by atoms with Crippen LogP contribution in [0.5, 0.6) is 11.5 Å². The number of aliphatic hydroxyl groups excluding tert-OH is 1. The van der Waals surface area contributed by atoms with Crippen molar-refractivity contribution < 1.29 is 32.9 Å². The number of aliphatic hydroxyl groups is 1. The summed E-state index contributed by atoms with van der Waals surface area (Å²) in [7, 11) is -3.94. The summed E-state index contributed by atoms with van der Waals surface area (Å²) in [6.45, 7) is 0.288. The molecule has 0 aromatic heterocycles. The number of benzene rings is 1. The van der Waals surface area contributed by atoms with Crippen molar-refractivity contribution in [3.05, 3.63) is 18.2 Å². The van der Waals surface area contributed by atoms with Gasteiger partial charge in [0.05, 0.1) is 18.1 Å². The second kappa shape index (κ2) is 6.29. The first kappa shape index (κ1) is 15.5. The summed E-state index contributed by atoms with van der Waals surface area (Å²) >= 11 is 0. The standard InChI is InChI=1S/C12H15NO7S/c14-9(12(15)16)7-13-21(17,18)8-2-3-10-11(6-8)20-5-1-4-19-10/h2-3,6,9,13-14H,1,4-5,7H2,(H,15,16). The van der Waals surface area contributed by atoms with Crippen LogP contribution in [0, 0.1) is 0 Å². The van der Waals surface area contributed by atoms with E-state index in [1.54, 1.807) is 0 Å². The predicted molar refractivity (Wildman–Crippen MR) is 70.9 cm³/mol. The molecule has 0 saturated heterocycles. The highest BCUT2D eigenvalue weighted by Gasteiger charge is 2.21. The fraction of sp³-hybridized carbons (Fsp3) is 0.417. The number of aliphatic carboxylic acids is 1. The van der Waals surface area contributed by atoms with Crippen LogP contribution in [0.4, 0.5) is 0 Å². The fourth-order valence-corrected chi connectivity index (χ4v) is 2.72. The monoisotopic (exact) mass is 317 g/mol. The number of nitrogens with one attached hydrogen (secondary N) is 1. The SMILES string of the molecule is O=C(O)C(O)CNS(=O)(=O)c1ccc2c(c1)OCCCO2. The molecule has 21 heavy (non-hydrogen) atoms. The maximum Gasteiger partial charge on any atom is 0.333 e. The highest BCUT2D eigenvalue weighted by atomic mass is 32.2. The van der Waals surface area contributed by atoms with E-state index in [9.17, 15) is 13.2 Å². The van der Waals surface area contributed by atoms with Crippen molar-refractivity contribution in [3.8, 4) is 11.5 Å². The van der Waals surface area contributed by atoms with Gasteiger partial charge in [-0.15, -0.1) is 0 Å². The number of carboxylic acids is 1. The van der Waals surface area contributed by atoms with Gasteiger partial charge in [0, 0.05) is 19.0 Å². The van der Waals surface area contributed by atoms with Gasteiger partial charge in [-0.1, -0.05) is 0 Å². The van der Waals surface area contributed by atoms with Crippen LogP contribution in [0.25, 0.3) is 0 Å². The van der Waals surface area contributed by atoms with Crippen LogP contribution in [-0.4, -0.2) is 50.5 Å². The molecule has 1 aliphatic heterocycles. The van der Waals surface area contributed by atoms with E-state index in [-0.39, 0.29) is 4.90 Å². The topological polar surface area (TPSA) is 122 Å². The molecule has 1 aliphatic rings. The second-order valence-electron chi connectivity index (χ2n) is 4.36. The molecule has 116 valence electrons. The molecule has 1 heterocycles. The number of carbonyl (C=O) groups is 1. The van der Waals surface area contributed by atoms with E-state index >= 15 is 0 Å². The summed E-state index contributed by atoms with van der Waals surface area (Å²) in [6.07, 6.45) is -1.11. The van der Waals surface area contributed by atoms with E-state index in [1.165, 1.54) is 18.2 Å². The zero-order valence-electron chi connectivity index (χ0n) is 11.0. The second-order valence-corrected chi connectivity index (χ2v) is 6.13. The number of ether oxygens (including phenoxy) is 2. The van der Waals surface area contributed by atoms with Gasteiger partial charge < -0.3 is 19.7 Å². The van der Waals surface area contributed by atoms with Crippen molar-refractivity contribution in [2.24, 2.45) is 0 Å².